The average Bonchev–Trinajstić information content (AvgIpc) is 3.12. The van der Waals surface area contributed by atoms with Gasteiger partial charge < -0.3 is 14.9 Å². The highest BCUT2D eigenvalue weighted by atomic mass is 32.2. The maximum absolute atomic E-state index is 12.1. The number of carbonyl (C=O) groups excluding carboxylic acids is 1. The molecule has 0 aliphatic carbocycles. The van der Waals surface area contributed by atoms with Crippen molar-refractivity contribution in [3.05, 3.63) is 24.3 Å². The third-order valence-electron chi connectivity index (χ3n) is 5.10. The van der Waals surface area contributed by atoms with Gasteiger partial charge in [0.2, 0.25) is 5.91 Å². The van der Waals surface area contributed by atoms with Crippen molar-refractivity contribution in [2.75, 3.05) is 34.4 Å². The van der Waals surface area contributed by atoms with E-state index in [1.807, 2.05) is 29.2 Å². The number of fused-ring (bicyclic) bond motifs is 1. The predicted octanol–water partition coefficient (Wildman–Crippen LogP) is 2.00. The van der Waals surface area contributed by atoms with E-state index < -0.39 is 21.7 Å². The molecule has 1 N–H and O–H groups in total. The molecule has 0 unspecified atom stereocenters. The Kier molecular flexibility index (Phi) is 6.52. The number of amides is 1. The molecule has 2 atom stereocenters. The van der Waals surface area contributed by atoms with Crippen LogP contribution in [0.4, 0.5) is 11.4 Å². The van der Waals surface area contributed by atoms with Crippen LogP contribution in [0.3, 0.4) is 0 Å². The van der Waals surface area contributed by atoms with Crippen LogP contribution in [0.2, 0.25) is 0 Å². The number of carboxylic acids is 1. The molecule has 2 saturated heterocycles. The number of anilines is 2. The minimum atomic E-state index is -3.14. The average molecular weight is 440 g/mol. The summed E-state index contributed by atoms with van der Waals surface area (Å²) in [4.78, 5) is 31.0. The molecule has 158 valence electrons. The molecule has 29 heavy (non-hydrogen) atoms. The van der Waals surface area contributed by atoms with Gasteiger partial charge in [-0.3, -0.25) is 9.59 Å². The fourth-order valence-electron chi connectivity index (χ4n) is 3.66. The van der Waals surface area contributed by atoms with E-state index in [0.29, 0.717) is 5.17 Å². The number of carboxylic acid groups (broad SMARTS) is 1. The largest absolute Gasteiger partial charge is 0.481 e. The third kappa shape index (κ3) is 4.92. The van der Waals surface area contributed by atoms with E-state index in [4.69, 9.17) is 5.11 Å². The fraction of sp³-hybridized carbons (Fsp3) is 0.526. The third-order valence-corrected chi connectivity index (χ3v) is 8.31. The lowest BCUT2D eigenvalue weighted by molar-refractivity contribution is -0.138. The van der Waals surface area contributed by atoms with Crippen LogP contribution in [-0.2, 0) is 19.4 Å². The van der Waals surface area contributed by atoms with E-state index >= 15 is 0 Å². The lowest BCUT2D eigenvalue weighted by Gasteiger charge is -2.26. The Balaban J connectivity index is 1.90. The number of carbonyl (C=O) groups is 2. The van der Waals surface area contributed by atoms with Gasteiger partial charge in [-0.2, -0.15) is 4.99 Å². The van der Waals surface area contributed by atoms with Crippen LogP contribution in [0.5, 0.6) is 0 Å². The number of aliphatic imine (C=N–C) groups is 1. The molecule has 0 bridgehead atoms. The van der Waals surface area contributed by atoms with Gasteiger partial charge in [-0.1, -0.05) is 11.8 Å². The molecule has 0 radical (unpaired) electrons. The Hall–Kier alpha value is -2.07. The maximum atomic E-state index is 12.1. The molecule has 2 fully saturated rings. The van der Waals surface area contributed by atoms with Gasteiger partial charge in [0, 0.05) is 36.1 Å². The molecule has 10 heteroatoms. The summed E-state index contributed by atoms with van der Waals surface area (Å²) in [6, 6.07) is 7.51. The Morgan fingerprint density at radius 1 is 1.17 bits per heavy atom. The zero-order valence-corrected chi connectivity index (χ0v) is 18.1. The predicted molar refractivity (Wildman–Crippen MR) is 116 cm³/mol. The van der Waals surface area contributed by atoms with Crippen LogP contribution in [0, 0.1) is 0 Å². The maximum Gasteiger partial charge on any atom is 0.303 e. The van der Waals surface area contributed by atoms with Crippen LogP contribution in [0.25, 0.3) is 0 Å². The van der Waals surface area contributed by atoms with Gasteiger partial charge >= 0.3 is 5.97 Å². The highest BCUT2D eigenvalue weighted by Crippen LogP contribution is 2.41. The zero-order valence-electron chi connectivity index (χ0n) is 16.4. The minimum Gasteiger partial charge on any atom is -0.481 e. The van der Waals surface area contributed by atoms with Crippen molar-refractivity contribution in [1.29, 1.82) is 0 Å². The highest BCUT2D eigenvalue weighted by molar-refractivity contribution is 8.16. The summed E-state index contributed by atoms with van der Waals surface area (Å²) in [6.45, 7) is 5.91. The van der Waals surface area contributed by atoms with E-state index in [2.05, 4.69) is 23.7 Å². The normalized spacial score (nSPS) is 23.9. The fourth-order valence-corrected chi connectivity index (χ4v) is 7.59. The Morgan fingerprint density at radius 2 is 1.83 bits per heavy atom. The Bertz CT molecular complexity index is 910. The highest BCUT2D eigenvalue weighted by Gasteiger charge is 2.49. The molecule has 8 nitrogen and oxygen atoms in total. The van der Waals surface area contributed by atoms with Crippen molar-refractivity contribution in [2.45, 2.75) is 38.0 Å². The number of rotatable bonds is 7. The number of nitrogens with zero attached hydrogens (tertiary/aromatic N) is 3. The number of thioether (sulfide) groups is 1. The first-order chi connectivity index (χ1) is 13.7. The van der Waals surface area contributed by atoms with Crippen molar-refractivity contribution < 1.29 is 23.1 Å². The molecular formula is C19H25N3O5S2. The molecule has 3 rings (SSSR count). The van der Waals surface area contributed by atoms with Crippen LogP contribution in [0.15, 0.2) is 29.3 Å². The van der Waals surface area contributed by atoms with Crippen LogP contribution in [-0.4, -0.2) is 66.5 Å². The molecule has 0 saturated carbocycles. The zero-order chi connectivity index (χ0) is 21.2. The molecule has 0 spiro atoms. The summed E-state index contributed by atoms with van der Waals surface area (Å²) in [7, 11) is -3.14. The lowest BCUT2D eigenvalue weighted by Crippen LogP contribution is -2.37. The summed E-state index contributed by atoms with van der Waals surface area (Å²) in [5.74, 6) is -1.49. The second-order valence-corrected chi connectivity index (χ2v) is 10.4. The number of sulfone groups is 1. The number of amidine groups is 1. The summed E-state index contributed by atoms with van der Waals surface area (Å²) < 4.78 is 24.3. The second kappa shape index (κ2) is 8.74. The van der Waals surface area contributed by atoms with Gasteiger partial charge in [-0.05, 0) is 38.1 Å². The smallest absolute Gasteiger partial charge is 0.303 e. The van der Waals surface area contributed by atoms with Crippen molar-refractivity contribution in [3.8, 4) is 0 Å². The summed E-state index contributed by atoms with van der Waals surface area (Å²) in [5.41, 5.74) is 1.85. The van der Waals surface area contributed by atoms with Crippen molar-refractivity contribution in [2.24, 2.45) is 4.99 Å². The van der Waals surface area contributed by atoms with E-state index in [1.54, 1.807) is 0 Å². The number of hydrogen-bond donors (Lipinski definition) is 1. The molecule has 0 aromatic heterocycles. The standard InChI is InChI=1S/C19H25N3O5S2/c1-3-21(4-2)13-5-7-14(8-6-13)22-15-11-29(26,27)12-16(15)28-19(22)20-17(23)9-10-18(24)25/h5-8,15-16H,3-4,9-12H2,1-2H3,(H,24,25)/t15-,16-/m0/s1. The monoisotopic (exact) mass is 439 g/mol. The first-order valence-electron chi connectivity index (χ1n) is 9.58. The summed E-state index contributed by atoms with van der Waals surface area (Å²) in [6.07, 6.45) is -0.457. The molecule has 2 aliphatic rings. The molecule has 2 aliphatic heterocycles. The van der Waals surface area contributed by atoms with E-state index in [-0.39, 0.29) is 35.6 Å². The van der Waals surface area contributed by atoms with Gasteiger partial charge in [0.1, 0.15) is 0 Å². The first-order valence-corrected chi connectivity index (χ1v) is 12.3. The number of aliphatic carboxylic acids is 1. The van der Waals surface area contributed by atoms with Crippen LogP contribution >= 0.6 is 11.8 Å². The molecule has 1 amide bonds. The van der Waals surface area contributed by atoms with Crippen molar-refractivity contribution >= 4 is 50.0 Å². The van der Waals surface area contributed by atoms with Crippen LogP contribution in [0.1, 0.15) is 26.7 Å². The quantitative estimate of drug-likeness (QED) is 0.687. The second-order valence-electron chi connectivity index (χ2n) is 7.04. The molecule has 1 aromatic rings. The topological polar surface area (TPSA) is 107 Å². The SMILES string of the molecule is CCN(CC)c1ccc(N2C(=NC(=O)CCC(=O)O)S[C@H]3CS(=O)(=O)C[C@@H]32)cc1. The van der Waals surface area contributed by atoms with E-state index in [9.17, 15) is 18.0 Å². The molecular weight excluding hydrogens is 414 g/mol. The van der Waals surface area contributed by atoms with Gasteiger partial charge in [0.15, 0.2) is 15.0 Å². The Morgan fingerprint density at radius 3 is 2.41 bits per heavy atom. The van der Waals surface area contributed by atoms with E-state index in [1.165, 1.54) is 11.8 Å². The van der Waals surface area contributed by atoms with Gasteiger partial charge in [-0.25, -0.2) is 8.42 Å². The molecule has 1 aromatic carbocycles. The summed E-state index contributed by atoms with van der Waals surface area (Å²) >= 11 is 1.29. The summed E-state index contributed by atoms with van der Waals surface area (Å²) in [5, 5.41) is 9.03. The lowest BCUT2D eigenvalue weighted by atomic mass is 10.2. The number of benzene rings is 1. The van der Waals surface area contributed by atoms with E-state index in [0.717, 1.165) is 24.5 Å². The van der Waals surface area contributed by atoms with Gasteiger partial charge in [0.25, 0.3) is 0 Å². The van der Waals surface area contributed by atoms with Gasteiger partial charge in [0.05, 0.1) is 24.0 Å². The van der Waals surface area contributed by atoms with Crippen molar-refractivity contribution in [1.82, 2.24) is 0 Å². The minimum absolute atomic E-state index is 0.0187. The van der Waals surface area contributed by atoms with Crippen molar-refractivity contribution in [3.63, 3.8) is 0 Å². The van der Waals surface area contributed by atoms with Crippen LogP contribution < -0.4 is 9.80 Å². The first kappa shape index (κ1) is 21.6. The molecule has 2 heterocycles. The van der Waals surface area contributed by atoms with Gasteiger partial charge in [-0.15, -0.1) is 0 Å². The number of hydrogen-bond acceptors (Lipinski definition) is 6. The Labute approximate surface area is 174 Å².